The number of Topliss-reactive ketones (excluding diaryl/α,β-unsaturated/α-hetero) is 1. The van der Waals surface area contributed by atoms with Crippen LogP contribution in [0.2, 0.25) is 0 Å². The first kappa shape index (κ1) is 18.6. The van der Waals surface area contributed by atoms with Gasteiger partial charge in [0.25, 0.3) is 0 Å². The molecule has 0 amide bonds. The molecule has 0 aliphatic heterocycles. The van der Waals surface area contributed by atoms with Gasteiger partial charge in [-0.3, -0.25) is 4.79 Å². The normalized spacial score (nSPS) is 11.2. The third-order valence-corrected chi connectivity index (χ3v) is 4.16. The van der Waals surface area contributed by atoms with Gasteiger partial charge in [-0.1, -0.05) is 69.3 Å². The number of hydrogen-bond donors (Lipinski definition) is 0. The van der Waals surface area contributed by atoms with Crippen molar-refractivity contribution in [2.24, 2.45) is 5.41 Å². The summed E-state index contributed by atoms with van der Waals surface area (Å²) >= 11 is 0. The molecule has 2 aromatic carbocycles. The smallest absolute Gasteiger partial charge is 0.357 e. The highest BCUT2D eigenvalue weighted by Gasteiger charge is 2.24. The lowest BCUT2D eigenvalue weighted by atomic mass is 9.91. The molecule has 0 radical (unpaired) electrons. The predicted molar refractivity (Wildman–Crippen MR) is 104 cm³/mol. The largest absolute Gasteiger partial charge is 0.453 e. The van der Waals surface area contributed by atoms with E-state index in [0.717, 1.165) is 11.3 Å². The average Bonchev–Trinajstić information content (AvgIpc) is 3.12. The zero-order valence-electron chi connectivity index (χ0n) is 15.7. The molecule has 0 fully saturated rings. The molecule has 0 saturated heterocycles. The molecule has 0 spiro atoms. The van der Waals surface area contributed by atoms with Gasteiger partial charge < -0.3 is 4.74 Å². The molecule has 5 nitrogen and oxygen atoms in total. The molecule has 3 aromatic rings. The van der Waals surface area contributed by atoms with Crippen LogP contribution in [0.5, 0.6) is 0 Å². The number of hydrogen-bond acceptors (Lipinski definition) is 4. The van der Waals surface area contributed by atoms with E-state index in [4.69, 9.17) is 4.74 Å². The molecular formula is C22H22N2O3. The zero-order valence-corrected chi connectivity index (χ0v) is 15.7. The maximum Gasteiger partial charge on any atom is 0.357 e. The maximum atomic E-state index is 12.7. The molecule has 0 saturated carbocycles. The fraction of sp³-hybridized carbons (Fsp3) is 0.227. The van der Waals surface area contributed by atoms with Crippen LogP contribution in [0.1, 0.15) is 31.3 Å². The summed E-state index contributed by atoms with van der Waals surface area (Å²) in [5, 5.41) is 4.58. The van der Waals surface area contributed by atoms with E-state index in [1.165, 1.54) is 0 Å². The maximum absolute atomic E-state index is 12.7. The van der Waals surface area contributed by atoms with Crippen molar-refractivity contribution in [1.29, 1.82) is 0 Å². The quantitative estimate of drug-likeness (QED) is 0.635. The van der Waals surface area contributed by atoms with E-state index in [-0.39, 0.29) is 18.1 Å². The highest BCUT2D eigenvalue weighted by molar-refractivity contribution is 5.93. The number of esters is 1. The summed E-state index contributed by atoms with van der Waals surface area (Å²) in [5.41, 5.74) is 2.02. The van der Waals surface area contributed by atoms with E-state index in [1.807, 2.05) is 60.7 Å². The Bertz CT molecular complexity index is 939. The Labute approximate surface area is 158 Å². The van der Waals surface area contributed by atoms with Crippen molar-refractivity contribution in [1.82, 2.24) is 9.78 Å². The highest BCUT2D eigenvalue weighted by atomic mass is 16.5. The van der Waals surface area contributed by atoms with Gasteiger partial charge in [0, 0.05) is 11.0 Å². The molecule has 0 aliphatic rings. The first-order valence-corrected chi connectivity index (χ1v) is 8.77. The van der Waals surface area contributed by atoms with Crippen LogP contribution in [0.15, 0.2) is 66.7 Å². The first-order valence-electron chi connectivity index (χ1n) is 8.77. The minimum atomic E-state index is -0.578. The van der Waals surface area contributed by atoms with Crippen LogP contribution in [-0.2, 0) is 9.53 Å². The Morgan fingerprint density at radius 3 is 2.15 bits per heavy atom. The molecule has 0 N–H and O–H groups in total. The van der Waals surface area contributed by atoms with Gasteiger partial charge in [-0.2, -0.15) is 5.10 Å². The molecule has 0 atom stereocenters. The number of ether oxygens (including phenoxy) is 1. The van der Waals surface area contributed by atoms with Gasteiger partial charge in [0.2, 0.25) is 0 Å². The number of aromatic nitrogens is 2. The van der Waals surface area contributed by atoms with E-state index >= 15 is 0 Å². The summed E-state index contributed by atoms with van der Waals surface area (Å²) in [6, 6.07) is 20.6. The van der Waals surface area contributed by atoms with Crippen LogP contribution in [0.3, 0.4) is 0 Å². The number of para-hydroxylation sites is 1. The minimum absolute atomic E-state index is 0.134. The van der Waals surface area contributed by atoms with Gasteiger partial charge in [-0.25, -0.2) is 9.48 Å². The zero-order chi connectivity index (χ0) is 19.4. The van der Waals surface area contributed by atoms with Crippen molar-refractivity contribution in [3.05, 3.63) is 72.4 Å². The lowest BCUT2D eigenvalue weighted by molar-refractivity contribution is -0.129. The van der Waals surface area contributed by atoms with Crippen LogP contribution in [0.4, 0.5) is 0 Å². The van der Waals surface area contributed by atoms with Crippen LogP contribution < -0.4 is 0 Å². The number of rotatable bonds is 5. The SMILES string of the molecule is CC(C)(C)C(=O)COC(=O)c1cc(-c2ccccc2)nn1-c1ccccc1. The summed E-state index contributed by atoms with van der Waals surface area (Å²) < 4.78 is 6.83. The van der Waals surface area contributed by atoms with Crippen molar-refractivity contribution in [2.75, 3.05) is 6.61 Å². The topological polar surface area (TPSA) is 61.2 Å². The van der Waals surface area contributed by atoms with E-state index in [1.54, 1.807) is 31.5 Å². The standard InChI is InChI=1S/C22H22N2O3/c1-22(2,3)20(25)15-27-21(26)19-14-18(16-10-6-4-7-11-16)23-24(19)17-12-8-5-9-13-17/h4-14H,15H2,1-3H3. The second kappa shape index (κ2) is 7.58. The van der Waals surface area contributed by atoms with Gasteiger partial charge in [-0.15, -0.1) is 0 Å². The van der Waals surface area contributed by atoms with Gasteiger partial charge in [0.15, 0.2) is 18.1 Å². The number of carbonyl (C=O) groups excluding carboxylic acids is 2. The second-order valence-corrected chi connectivity index (χ2v) is 7.28. The van der Waals surface area contributed by atoms with Crippen LogP contribution in [0.25, 0.3) is 16.9 Å². The number of benzene rings is 2. The van der Waals surface area contributed by atoms with Gasteiger partial charge >= 0.3 is 5.97 Å². The van der Waals surface area contributed by atoms with E-state index < -0.39 is 11.4 Å². The summed E-state index contributed by atoms with van der Waals surface area (Å²) in [5.74, 6) is -0.712. The van der Waals surface area contributed by atoms with Crippen molar-refractivity contribution in [3.63, 3.8) is 0 Å². The molecule has 5 heteroatoms. The monoisotopic (exact) mass is 362 g/mol. The molecular weight excluding hydrogens is 340 g/mol. The lowest BCUT2D eigenvalue weighted by Gasteiger charge is -2.16. The molecule has 27 heavy (non-hydrogen) atoms. The third-order valence-electron chi connectivity index (χ3n) is 4.16. The van der Waals surface area contributed by atoms with Crippen molar-refractivity contribution >= 4 is 11.8 Å². The average molecular weight is 362 g/mol. The predicted octanol–water partition coefficient (Wildman–Crippen LogP) is 4.31. The van der Waals surface area contributed by atoms with E-state index in [0.29, 0.717) is 5.69 Å². The Hall–Kier alpha value is -3.21. The fourth-order valence-corrected chi connectivity index (χ4v) is 2.46. The fourth-order valence-electron chi connectivity index (χ4n) is 2.46. The highest BCUT2D eigenvalue weighted by Crippen LogP contribution is 2.22. The Kier molecular flexibility index (Phi) is 5.21. The van der Waals surface area contributed by atoms with Crippen LogP contribution in [0, 0.1) is 5.41 Å². The number of nitrogens with zero attached hydrogens (tertiary/aromatic N) is 2. The molecule has 1 heterocycles. The van der Waals surface area contributed by atoms with Gasteiger partial charge in [-0.05, 0) is 18.2 Å². The molecule has 0 aliphatic carbocycles. The Morgan fingerprint density at radius 1 is 0.963 bits per heavy atom. The minimum Gasteiger partial charge on any atom is -0.453 e. The van der Waals surface area contributed by atoms with Crippen molar-refractivity contribution in [2.45, 2.75) is 20.8 Å². The summed E-state index contributed by atoms with van der Waals surface area (Å²) in [4.78, 5) is 24.8. The van der Waals surface area contributed by atoms with Crippen LogP contribution >= 0.6 is 0 Å². The van der Waals surface area contributed by atoms with Crippen molar-refractivity contribution < 1.29 is 14.3 Å². The number of ketones is 1. The summed E-state index contributed by atoms with van der Waals surface area (Å²) in [6.07, 6.45) is 0. The molecule has 138 valence electrons. The molecule has 0 unspecified atom stereocenters. The van der Waals surface area contributed by atoms with E-state index in [9.17, 15) is 9.59 Å². The number of carbonyl (C=O) groups is 2. The van der Waals surface area contributed by atoms with Crippen LogP contribution in [-0.4, -0.2) is 28.1 Å². The van der Waals surface area contributed by atoms with Gasteiger partial charge in [0.05, 0.1) is 11.4 Å². The van der Waals surface area contributed by atoms with Crippen molar-refractivity contribution in [3.8, 4) is 16.9 Å². The lowest BCUT2D eigenvalue weighted by Crippen LogP contribution is -2.27. The first-order chi connectivity index (χ1) is 12.9. The second-order valence-electron chi connectivity index (χ2n) is 7.28. The Morgan fingerprint density at radius 2 is 1.56 bits per heavy atom. The van der Waals surface area contributed by atoms with E-state index in [2.05, 4.69) is 5.10 Å². The Balaban J connectivity index is 1.94. The molecule has 1 aromatic heterocycles. The summed E-state index contributed by atoms with van der Waals surface area (Å²) in [6.45, 7) is 5.13. The molecule has 0 bridgehead atoms. The van der Waals surface area contributed by atoms with Gasteiger partial charge in [0.1, 0.15) is 0 Å². The third kappa shape index (κ3) is 4.31. The molecule has 3 rings (SSSR count). The summed E-state index contributed by atoms with van der Waals surface area (Å²) in [7, 11) is 0.